The minimum atomic E-state index is -0.240. The zero-order chi connectivity index (χ0) is 13.8. The molecular weight excluding hydrogens is 284 g/mol. The summed E-state index contributed by atoms with van der Waals surface area (Å²) in [4.78, 5) is 16.6. The lowest BCUT2D eigenvalue weighted by Gasteiger charge is -2.17. The van der Waals surface area contributed by atoms with E-state index in [2.05, 4.69) is 4.98 Å². The summed E-state index contributed by atoms with van der Waals surface area (Å²) in [6.45, 7) is -0.0752. The van der Waals surface area contributed by atoms with E-state index in [1.807, 2.05) is 6.26 Å². The highest BCUT2D eigenvalue weighted by molar-refractivity contribution is 7.98. The molecule has 2 aromatic rings. The van der Waals surface area contributed by atoms with Crippen LogP contribution in [0.2, 0.25) is 5.02 Å². The van der Waals surface area contributed by atoms with Gasteiger partial charge in [0, 0.05) is 0 Å². The summed E-state index contributed by atoms with van der Waals surface area (Å²) in [5.74, 6) is 0.880. The van der Waals surface area contributed by atoms with Crippen LogP contribution in [0.15, 0.2) is 29.3 Å². The van der Waals surface area contributed by atoms with Gasteiger partial charge in [-0.05, 0) is 30.6 Å². The fourth-order valence-electron chi connectivity index (χ4n) is 1.96. The van der Waals surface area contributed by atoms with Crippen LogP contribution < -0.4 is 5.56 Å². The number of fused-ring (bicyclic) bond motifs is 1. The number of aliphatic hydroxyl groups is 1. The summed E-state index contributed by atoms with van der Waals surface area (Å²) in [6.07, 6.45) is 4.19. The van der Waals surface area contributed by atoms with Crippen LogP contribution in [0, 0.1) is 0 Å². The van der Waals surface area contributed by atoms with Crippen LogP contribution in [0.4, 0.5) is 0 Å². The summed E-state index contributed by atoms with van der Waals surface area (Å²) in [5, 5.41) is 10.4. The van der Waals surface area contributed by atoms with Gasteiger partial charge >= 0.3 is 0 Å². The Bertz CT molecular complexity index is 630. The number of thioether (sulfide) groups is 1. The first-order valence-corrected chi connectivity index (χ1v) is 7.71. The van der Waals surface area contributed by atoms with Crippen molar-refractivity contribution in [3.8, 4) is 0 Å². The van der Waals surface area contributed by atoms with Crippen molar-refractivity contribution in [3.05, 3.63) is 39.9 Å². The third-order valence-corrected chi connectivity index (χ3v) is 3.97. The van der Waals surface area contributed by atoms with Crippen molar-refractivity contribution in [1.29, 1.82) is 0 Å². The molecule has 0 aliphatic carbocycles. The Kier molecular flexibility index (Phi) is 4.85. The number of aromatic nitrogens is 2. The molecule has 19 heavy (non-hydrogen) atoms. The quantitative estimate of drug-likeness (QED) is 0.920. The number of nitrogens with zero attached hydrogens (tertiary/aromatic N) is 2. The molecule has 0 unspecified atom stereocenters. The lowest BCUT2D eigenvalue weighted by molar-refractivity contribution is 0.222. The molecule has 6 heteroatoms. The smallest absolute Gasteiger partial charge is 0.261 e. The molecule has 0 saturated carbocycles. The second kappa shape index (κ2) is 6.41. The van der Waals surface area contributed by atoms with Gasteiger partial charge in [-0.25, -0.2) is 4.98 Å². The fraction of sp³-hybridized carbons (Fsp3) is 0.385. The first-order chi connectivity index (χ1) is 9.19. The standard InChI is InChI=1S/C13H15ClN2O2S/c1-19-6-5-9(7-17)16-8-15-12-10(13(16)18)3-2-4-11(12)14/h2-4,8-9,17H,5-7H2,1H3/t9-/m0/s1. The van der Waals surface area contributed by atoms with Gasteiger partial charge in [-0.2, -0.15) is 11.8 Å². The van der Waals surface area contributed by atoms with Crippen molar-refractivity contribution >= 4 is 34.3 Å². The number of benzene rings is 1. The minimum absolute atomic E-state index is 0.0752. The monoisotopic (exact) mass is 298 g/mol. The van der Waals surface area contributed by atoms with E-state index >= 15 is 0 Å². The zero-order valence-corrected chi connectivity index (χ0v) is 12.1. The van der Waals surface area contributed by atoms with E-state index in [9.17, 15) is 9.90 Å². The molecule has 0 bridgehead atoms. The summed E-state index contributed by atoms with van der Waals surface area (Å²) in [5.41, 5.74) is 0.347. The first-order valence-electron chi connectivity index (χ1n) is 5.94. The van der Waals surface area contributed by atoms with E-state index in [0.29, 0.717) is 15.9 Å². The highest BCUT2D eigenvalue weighted by Gasteiger charge is 2.14. The second-order valence-corrected chi connectivity index (χ2v) is 5.60. The van der Waals surface area contributed by atoms with Crippen LogP contribution in [-0.2, 0) is 0 Å². The number of aliphatic hydroxyl groups excluding tert-OH is 1. The number of hydrogen-bond donors (Lipinski definition) is 1. The molecule has 1 atom stereocenters. The molecule has 0 saturated heterocycles. The molecule has 1 aromatic carbocycles. The Labute approximate surface area is 120 Å². The second-order valence-electron chi connectivity index (χ2n) is 4.21. The van der Waals surface area contributed by atoms with E-state index in [-0.39, 0.29) is 18.2 Å². The lowest BCUT2D eigenvalue weighted by atomic mass is 10.2. The van der Waals surface area contributed by atoms with Crippen LogP contribution in [0.5, 0.6) is 0 Å². The third kappa shape index (κ3) is 2.94. The molecule has 102 valence electrons. The van der Waals surface area contributed by atoms with Gasteiger partial charge in [-0.15, -0.1) is 0 Å². The highest BCUT2D eigenvalue weighted by Crippen LogP contribution is 2.19. The summed E-state index contributed by atoms with van der Waals surface area (Å²) >= 11 is 7.70. The molecular formula is C13H15ClN2O2S. The Morgan fingerprint density at radius 1 is 1.53 bits per heavy atom. The Morgan fingerprint density at radius 2 is 2.32 bits per heavy atom. The average molecular weight is 299 g/mol. The lowest BCUT2D eigenvalue weighted by Crippen LogP contribution is -2.27. The molecule has 0 aliphatic heterocycles. The minimum Gasteiger partial charge on any atom is -0.394 e. The number of rotatable bonds is 5. The summed E-state index contributed by atoms with van der Waals surface area (Å²) < 4.78 is 1.49. The number of para-hydroxylation sites is 1. The van der Waals surface area contributed by atoms with Crippen molar-refractivity contribution in [2.24, 2.45) is 0 Å². The van der Waals surface area contributed by atoms with Gasteiger partial charge in [0.05, 0.1) is 34.9 Å². The molecule has 2 rings (SSSR count). The van der Waals surface area contributed by atoms with Gasteiger partial charge in [-0.1, -0.05) is 17.7 Å². The van der Waals surface area contributed by atoms with Crippen molar-refractivity contribution in [1.82, 2.24) is 9.55 Å². The molecule has 0 aliphatic rings. The van der Waals surface area contributed by atoms with Crippen molar-refractivity contribution in [3.63, 3.8) is 0 Å². The molecule has 1 aromatic heterocycles. The van der Waals surface area contributed by atoms with Crippen LogP contribution in [0.1, 0.15) is 12.5 Å². The van der Waals surface area contributed by atoms with E-state index in [1.54, 1.807) is 30.0 Å². The molecule has 0 amide bonds. The molecule has 1 heterocycles. The molecule has 4 nitrogen and oxygen atoms in total. The topological polar surface area (TPSA) is 55.1 Å². The summed E-state index contributed by atoms with van der Waals surface area (Å²) in [6, 6.07) is 4.90. The molecule has 0 fully saturated rings. The third-order valence-electron chi connectivity index (χ3n) is 3.02. The normalized spacial score (nSPS) is 12.8. The maximum Gasteiger partial charge on any atom is 0.261 e. The van der Waals surface area contributed by atoms with Gasteiger partial charge < -0.3 is 5.11 Å². The van der Waals surface area contributed by atoms with E-state index in [1.165, 1.54) is 10.9 Å². The maximum absolute atomic E-state index is 12.4. The van der Waals surface area contributed by atoms with Crippen LogP contribution in [-0.4, -0.2) is 33.3 Å². The summed E-state index contributed by atoms with van der Waals surface area (Å²) in [7, 11) is 0. The van der Waals surface area contributed by atoms with Gasteiger partial charge in [0.1, 0.15) is 0 Å². The Balaban J connectivity index is 2.50. The largest absolute Gasteiger partial charge is 0.394 e. The Morgan fingerprint density at radius 3 is 3.00 bits per heavy atom. The van der Waals surface area contributed by atoms with Crippen molar-refractivity contribution < 1.29 is 5.11 Å². The van der Waals surface area contributed by atoms with Crippen molar-refractivity contribution in [2.45, 2.75) is 12.5 Å². The number of halogens is 1. The number of hydrogen-bond acceptors (Lipinski definition) is 4. The average Bonchev–Trinajstić information content (AvgIpc) is 2.42. The molecule has 1 N–H and O–H groups in total. The Hall–Kier alpha value is -1.04. The molecule has 0 radical (unpaired) electrons. The zero-order valence-electron chi connectivity index (χ0n) is 10.5. The van der Waals surface area contributed by atoms with Gasteiger partial charge in [0.2, 0.25) is 0 Å². The van der Waals surface area contributed by atoms with E-state index in [4.69, 9.17) is 11.6 Å². The van der Waals surface area contributed by atoms with E-state index < -0.39 is 0 Å². The van der Waals surface area contributed by atoms with E-state index in [0.717, 1.165) is 12.2 Å². The SMILES string of the molecule is CSCC[C@@H](CO)n1cnc2c(Cl)cccc2c1=O. The van der Waals surface area contributed by atoms with Crippen LogP contribution in [0.25, 0.3) is 10.9 Å². The van der Waals surface area contributed by atoms with Gasteiger partial charge in [-0.3, -0.25) is 9.36 Å². The first kappa shape index (κ1) is 14.4. The van der Waals surface area contributed by atoms with Gasteiger partial charge in [0.25, 0.3) is 5.56 Å². The molecule has 0 spiro atoms. The fourth-order valence-corrected chi connectivity index (χ4v) is 2.69. The van der Waals surface area contributed by atoms with Gasteiger partial charge in [0.15, 0.2) is 0 Å². The predicted octanol–water partition coefficient (Wildman–Crippen LogP) is 2.34. The van der Waals surface area contributed by atoms with Crippen LogP contribution >= 0.6 is 23.4 Å². The highest BCUT2D eigenvalue weighted by atomic mass is 35.5. The maximum atomic E-state index is 12.4. The van der Waals surface area contributed by atoms with Crippen LogP contribution in [0.3, 0.4) is 0 Å². The van der Waals surface area contributed by atoms with Crippen molar-refractivity contribution in [2.75, 3.05) is 18.6 Å². The predicted molar refractivity (Wildman–Crippen MR) is 80.1 cm³/mol.